The Labute approximate surface area is 55.7 Å². The Morgan fingerprint density at radius 3 is 2.00 bits per heavy atom. The van der Waals surface area contributed by atoms with E-state index in [9.17, 15) is 0 Å². The van der Waals surface area contributed by atoms with Gasteiger partial charge < -0.3 is 9.88 Å². The first-order chi connectivity index (χ1) is 4.23. The summed E-state index contributed by atoms with van der Waals surface area (Å²) in [6.45, 7) is 0. The molecule has 1 aromatic rings. The van der Waals surface area contributed by atoms with E-state index < -0.39 is 0 Å². The van der Waals surface area contributed by atoms with E-state index in [1.807, 2.05) is 26.0 Å². The maximum atomic E-state index is 3.67. The van der Waals surface area contributed by atoms with E-state index in [4.69, 9.17) is 0 Å². The summed E-state index contributed by atoms with van der Waals surface area (Å²) in [5.74, 6) is 0. The molecule has 0 aliphatic carbocycles. The van der Waals surface area contributed by atoms with Crippen LogP contribution in [0.2, 0.25) is 0 Å². The number of aromatic nitrogens is 2. The summed E-state index contributed by atoms with van der Waals surface area (Å²) >= 11 is 0. The average Bonchev–Trinajstić information content (AvgIpc) is 2.11. The summed E-state index contributed by atoms with van der Waals surface area (Å²) in [6.07, 6.45) is 5.08. The maximum absolute atomic E-state index is 3.67. The molecule has 0 bridgehead atoms. The second-order valence-electron chi connectivity index (χ2n) is 2.10. The van der Waals surface area contributed by atoms with Gasteiger partial charge in [0.25, 0.3) is 0 Å². The fourth-order valence-corrected chi connectivity index (χ4v) is 0.215. The summed E-state index contributed by atoms with van der Waals surface area (Å²) in [4.78, 5) is 8.42. The van der Waals surface area contributed by atoms with Crippen molar-refractivity contribution in [3.8, 4) is 0 Å². The van der Waals surface area contributed by atoms with Gasteiger partial charge in [-0.15, -0.1) is 0 Å². The van der Waals surface area contributed by atoms with Gasteiger partial charge in [-0.1, -0.05) is 0 Å². The van der Waals surface area contributed by atoms with Crippen molar-refractivity contribution in [2.45, 2.75) is 0 Å². The van der Waals surface area contributed by atoms with Crippen LogP contribution in [0.25, 0.3) is 0 Å². The largest absolute Gasteiger partial charge is 0.351 e. The molecule has 0 fully saturated rings. The lowest BCUT2D eigenvalue weighted by Crippen LogP contribution is -1.99. The molecule has 3 nitrogen and oxygen atoms in total. The molecule has 1 rings (SSSR count). The van der Waals surface area contributed by atoms with Crippen molar-refractivity contribution in [1.29, 1.82) is 0 Å². The predicted octanol–water partition coefficient (Wildman–Crippen LogP) is 0.587. The smallest absolute Gasteiger partial charge is 0.0919 e. The molecule has 0 aromatic carbocycles. The van der Waals surface area contributed by atoms with Gasteiger partial charge in [-0.3, -0.25) is 0 Å². The van der Waals surface area contributed by atoms with Gasteiger partial charge in [-0.05, 0) is 21.1 Å². The number of nitrogens with one attached hydrogen (secondary N) is 1. The van der Waals surface area contributed by atoms with Crippen molar-refractivity contribution in [3.63, 3.8) is 0 Å². The first-order valence-corrected chi connectivity index (χ1v) is 2.77. The predicted molar refractivity (Wildman–Crippen MR) is 38.2 cm³/mol. The van der Waals surface area contributed by atoms with E-state index in [1.54, 1.807) is 18.7 Å². The van der Waals surface area contributed by atoms with Crippen LogP contribution in [0.4, 0.5) is 0 Å². The molecule has 1 heterocycles. The van der Waals surface area contributed by atoms with Crippen LogP contribution in [0.15, 0.2) is 18.7 Å². The van der Waals surface area contributed by atoms with E-state index in [2.05, 4.69) is 9.97 Å². The number of aromatic amines is 1. The van der Waals surface area contributed by atoms with Gasteiger partial charge in [-0.2, -0.15) is 0 Å². The van der Waals surface area contributed by atoms with E-state index >= 15 is 0 Å². The van der Waals surface area contributed by atoms with Crippen molar-refractivity contribution >= 4 is 0 Å². The highest BCUT2D eigenvalue weighted by atomic mass is 15.0. The molecule has 0 spiro atoms. The van der Waals surface area contributed by atoms with Crippen molar-refractivity contribution < 1.29 is 0 Å². The van der Waals surface area contributed by atoms with Gasteiger partial charge in [0.05, 0.1) is 6.33 Å². The zero-order valence-electron chi connectivity index (χ0n) is 6.13. The first kappa shape index (κ1) is 8.17. The molecule has 0 atom stereocenters. The minimum absolute atomic E-state index is 1.62. The molecule has 0 saturated heterocycles. The topological polar surface area (TPSA) is 31.9 Å². The third-order valence-corrected chi connectivity index (χ3v) is 0.406. The second kappa shape index (κ2) is 5.31. The molecule has 1 aromatic heterocycles. The SMILES string of the molecule is CN(C)C.c1c[nH]cn1. The van der Waals surface area contributed by atoms with Gasteiger partial charge >= 0.3 is 0 Å². The average molecular weight is 127 g/mol. The summed E-state index contributed by atoms with van der Waals surface area (Å²) < 4.78 is 0. The van der Waals surface area contributed by atoms with E-state index in [1.165, 1.54) is 0 Å². The van der Waals surface area contributed by atoms with Gasteiger partial charge in [0.15, 0.2) is 0 Å². The Kier molecular flexibility index (Phi) is 4.82. The van der Waals surface area contributed by atoms with E-state index in [0.717, 1.165) is 0 Å². The first-order valence-electron chi connectivity index (χ1n) is 2.77. The van der Waals surface area contributed by atoms with Gasteiger partial charge in [0.2, 0.25) is 0 Å². The number of hydrogen-bond acceptors (Lipinski definition) is 2. The van der Waals surface area contributed by atoms with Crippen LogP contribution in [-0.2, 0) is 0 Å². The second-order valence-corrected chi connectivity index (χ2v) is 2.10. The molecule has 1 N–H and O–H groups in total. The fraction of sp³-hybridized carbons (Fsp3) is 0.500. The number of hydrogen-bond donors (Lipinski definition) is 1. The number of nitrogens with zero attached hydrogens (tertiary/aromatic N) is 2. The molecule has 0 radical (unpaired) electrons. The molecule has 0 amide bonds. The lowest BCUT2D eigenvalue weighted by Gasteiger charge is -1.90. The molecule has 0 saturated carbocycles. The summed E-state index contributed by atoms with van der Waals surface area (Å²) in [5.41, 5.74) is 0. The molecule has 0 aliphatic heterocycles. The van der Waals surface area contributed by atoms with Crippen molar-refractivity contribution in [1.82, 2.24) is 14.9 Å². The molecule has 9 heavy (non-hydrogen) atoms. The van der Waals surface area contributed by atoms with Gasteiger partial charge in [0.1, 0.15) is 0 Å². The number of rotatable bonds is 0. The quantitative estimate of drug-likeness (QED) is 0.553. The molecule has 0 aliphatic rings. The van der Waals surface area contributed by atoms with Crippen LogP contribution in [0, 0.1) is 0 Å². The zero-order chi connectivity index (χ0) is 7.11. The molecular formula is C6H13N3. The van der Waals surface area contributed by atoms with Gasteiger partial charge in [0, 0.05) is 12.4 Å². The van der Waals surface area contributed by atoms with E-state index in [-0.39, 0.29) is 0 Å². The highest BCUT2D eigenvalue weighted by Gasteiger charge is 1.58. The Morgan fingerprint density at radius 2 is 1.89 bits per heavy atom. The Hall–Kier alpha value is -0.830. The minimum atomic E-state index is 1.62. The van der Waals surface area contributed by atoms with E-state index in [0.29, 0.717) is 0 Å². The van der Waals surface area contributed by atoms with Crippen LogP contribution < -0.4 is 0 Å². The van der Waals surface area contributed by atoms with Crippen molar-refractivity contribution in [2.75, 3.05) is 21.1 Å². The standard InChI is InChI=1S/C3H4N2.C3H9N/c1-2-5-3-4-1;1-4(2)3/h1-3H,(H,4,5);1-3H3. The monoisotopic (exact) mass is 127 g/mol. The molecule has 0 unspecified atom stereocenters. The third-order valence-electron chi connectivity index (χ3n) is 0.406. The van der Waals surface area contributed by atoms with Crippen molar-refractivity contribution in [2.24, 2.45) is 0 Å². The summed E-state index contributed by atoms with van der Waals surface area (Å²) in [5, 5.41) is 0. The lowest BCUT2D eigenvalue weighted by atomic mass is 11.0. The van der Waals surface area contributed by atoms with Gasteiger partial charge in [-0.25, -0.2) is 4.98 Å². The molecule has 3 heteroatoms. The normalized spacial score (nSPS) is 8.44. The van der Waals surface area contributed by atoms with Crippen LogP contribution in [0.5, 0.6) is 0 Å². The minimum Gasteiger partial charge on any atom is -0.351 e. The van der Waals surface area contributed by atoms with Crippen LogP contribution in [0.1, 0.15) is 0 Å². The highest BCUT2D eigenvalue weighted by Crippen LogP contribution is 1.62. The number of H-pyrrole nitrogens is 1. The Morgan fingerprint density at radius 1 is 1.33 bits per heavy atom. The number of imidazole rings is 1. The Bertz CT molecular complexity index is 91.9. The summed E-state index contributed by atoms with van der Waals surface area (Å²) in [6, 6.07) is 0. The zero-order valence-corrected chi connectivity index (χ0v) is 6.13. The maximum Gasteiger partial charge on any atom is 0.0919 e. The fourth-order valence-electron chi connectivity index (χ4n) is 0.215. The summed E-state index contributed by atoms with van der Waals surface area (Å²) in [7, 11) is 6.00. The molecular weight excluding hydrogens is 114 g/mol. The molecule has 52 valence electrons. The van der Waals surface area contributed by atoms with Crippen molar-refractivity contribution in [3.05, 3.63) is 18.7 Å². The van der Waals surface area contributed by atoms with Crippen LogP contribution in [0.3, 0.4) is 0 Å². The Balaban J connectivity index is 0.000000148. The third kappa shape index (κ3) is 11.0. The van der Waals surface area contributed by atoms with Crippen LogP contribution >= 0.6 is 0 Å². The lowest BCUT2D eigenvalue weighted by molar-refractivity contribution is 0.505. The van der Waals surface area contributed by atoms with Crippen LogP contribution in [-0.4, -0.2) is 36.0 Å². The highest BCUT2D eigenvalue weighted by molar-refractivity contribution is 4.64.